The van der Waals surface area contributed by atoms with Crippen molar-refractivity contribution >= 4 is 23.9 Å². The van der Waals surface area contributed by atoms with E-state index >= 15 is 0 Å². The zero-order valence-corrected chi connectivity index (χ0v) is 23.8. The number of hydrogen-bond donors (Lipinski definition) is 4. The molecule has 0 saturated carbocycles. The molecule has 0 spiro atoms. The second-order valence-electron chi connectivity index (χ2n) is 11.7. The summed E-state index contributed by atoms with van der Waals surface area (Å²) in [7, 11) is 0. The molecule has 196 valence electrons. The molecular formula is C31H41N5S. The van der Waals surface area contributed by atoms with Crippen LogP contribution >= 0.6 is 12.6 Å². The standard InChI is InChI=1S/C31H41N5S/c1-19(2)27(32)28-20(3)7-8-25(17-34-28)23-11-9-21(10-12-23)22-13-15-24(16-14-22)26-18-35-29(36-26)31(33,37)30(4,5)6/h9-20,27,37H,7-8,32-33H2,1-6H3,(H,35,36). The molecular weight excluding hydrogens is 474 g/mol. The van der Waals surface area contributed by atoms with Crippen LogP contribution in [0, 0.1) is 17.3 Å². The lowest BCUT2D eigenvalue weighted by molar-refractivity contribution is 0.283. The van der Waals surface area contributed by atoms with Crippen molar-refractivity contribution in [3.05, 3.63) is 72.3 Å². The molecule has 5 N–H and O–H groups in total. The minimum atomic E-state index is -0.856. The Kier molecular flexibility index (Phi) is 7.84. The fourth-order valence-corrected chi connectivity index (χ4v) is 4.69. The number of aromatic nitrogens is 2. The van der Waals surface area contributed by atoms with Crippen molar-refractivity contribution in [3.63, 3.8) is 0 Å². The third-order valence-electron chi connectivity index (χ3n) is 7.65. The monoisotopic (exact) mass is 515 g/mol. The van der Waals surface area contributed by atoms with Gasteiger partial charge in [-0.3, -0.25) is 4.99 Å². The molecule has 37 heavy (non-hydrogen) atoms. The van der Waals surface area contributed by atoms with Crippen LogP contribution in [0.4, 0.5) is 0 Å². The number of benzene rings is 2. The number of nitrogens with one attached hydrogen (secondary N) is 1. The first kappa shape index (κ1) is 27.4. The number of aliphatic imine (C=N–C) groups is 1. The van der Waals surface area contributed by atoms with Crippen molar-refractivity contribution in [1.82, 2.24) is 9.97 Å². The molecule has 0 amide bonds. The zero-order valence-electron chi connectivity index (χ0n) is 22.9. The average molecular weight is 516 g/mol. The maximum atomic E-state index is 6.47. The summed E-state index contributed by atoms with van der Waals surface area (Å²) in [5, 5.41) is 0. The number of nitrogens with zero attached hydrogens (tertiary/aromatic N) is 2. The molecule has 3 atom stereocenters. The first-order valence-electron chi connectivity index (χ1n) is 13.2. The van der Waals surface area contributed by atoms with E-state index in [1.54, 1.807) is 0 Å². The van der Waals surface area contributed by atoms with Crippen molar-refractivity contribution in [1.29, 1.82) is 0 Å². The predicted octanol–water partition coefficient (Wildman–Crippen LogP) is 7.03. The summed E-state index contributed by atoms with van der Waals surface area (Å²) in [5.74, 6) is 1.46. The lowest BCUT2D eigenvalue weighted by Crippen LogP contribution is -2.44. The molecule has 0 radical (unpaired) electrons. The summed E-state index contributed by atoms with van der Waals surface area (Å²) in [5.41, 5.74) is 20.6. The van der Waals surface area contributed by atoms with Crippen molar-refractivity contribution in [2.75, 3.05) is 0 Å². The van der Waals surface area contributed by atoms with E-state index in [0.717, 1.165) is 29.8 Å². The van der Waals surface area contributed by atoms with Crippen LogP contribution in [0.1, 0.15) is 65.8 Å². The molecule has 0 bridgehead atoms. The molecule has 0 fully saturated rings. The minimum Gasteiger partial charge on any atom is -0.340 e. The van der Waals surface area contributed by atoms with Gasteiger partial charge in [0.15, 0.2) is 0 Å². The van der Waals surface area contributed by atoms with Crippen LogP contribution in [-0.4, -0.2) is 21.7 Å². The van der Waals surface area contributed by atoms with E-state index in [9.17, 15) is 0 Å². The van der Waals surface area contributed by atoms with Gasteiger partial charge < -0.3 is 16.5 Å². The van der Waals surface area contributed by atoms with Gasteiger partial charge in [-0.15, -0.1) is 12.6 Å². The highest BCUT2D eigenvalue weighted by atomic mass is 32.1. The van der Waals surface area contributed by atoms with Crippen molar-refractivity contribution < 1.29 is 0 Å². The largest absolute Gasteiger partial charge is 0.340 e. The van der Waals surface area contributed by atoms with Gasteiger partial charge in [0.2, 0.25) is 0 Å². The van der Waals surface area contributed by atoms with Crippen LogP contribution in [0.2, 0.25) is 0 Å². The highest BCUT2D eigenvalue weighted by molar-refractivity contribution is 7.81. The van der Waals surface area contributed by atoms with Gasteiger partial charge >= 0.3 is 0 Å². The number of aromatic amines is 1. The molecule has 0 aliphatic carbocycles. The molecule has 0 saturated heterocycles. The number of allylic oxidation sites excluding steroid dienone is 1. The molecule has 3 unspecified atom stereocenters. The van der Waals surface area contributed by atoms with E-state index < -0.39 is 4.87 Å². The zero-order chi connectivity index (χ0) is 27.0. The number of imidazole rings is 1. The van der Waals surface area contributed by atoms with E-state index in [-0.39, 0.29) is 11.5 Å². The lowest BCUT2D eigenvalue weighted by Gasteiger charge is -2.35. The number of rotatable bonds is 6. The van der Waals surface area contributed by atoms with E-state index in [1.807, 2.05) is 12.4 Å². The van der Waals surface area contributed by atoms with Crippen LogP contribution in [0.15, 0.2) is 65.9 Å². The smallest absolute Gasteiger partial charge is 0.137 e. The molecule has 3 aromatic rings. The fourth-order valence-electron chi connectivity index (χ4n) is 4.57. The van der Waals surface area contributed by atoms with Gasteiger partial charge in [0.1, 0.15) is 10.7 Å². The average Bonchev–Trinajstić information content (AvgIpc) is 3.28. The predicted molar refractivity (Wildman–Crippen MR) is 160 cm³/mol. The topological polar surface area (TPSA) is 93.1 Å². The van der Waals surface area contributed by atoms with Gasteiger partial charge in [-0.1, -0.05) is 90.1 Å². The SMILES string of the molecule is CC1CCC(c2ccc(-c3ccc(-c4cnc(C(N)(S)C(C)(C)C)[nH]4)cc3)cc2)=CN=C1C(N)C(C)C. The van der Waals surface area contributed by atoms with Crippen LogP contribution in [-0.2, 0) is 4.87 Å². The normalized spacial score (nSPS) is 19.1. The highest BCUT2D eigenvalue weighted by Crippen LogP contribution is 2.39. The van der Waals surface area contributed by atoms with Crippen molar-refractivity contribution in [2.24, 2.45) is 33.7 Å². The number of hydrogen-bond acceptors (Lipinski definition) is 5. The van der Waals surface area contributed by atoms with Crippen molar-refractivity contribution in [2.45, 2.75) is 65.3 Å². The van der Waals surface area contributed by atoms with Gasteiger partial charge in [-0.05, 0) is 57.9 Å². The second kappa shape index (κ2) is 10.6. The number of H-pyrrole nitrogens is 1. The summed E-state index contributed by atoms with van der Waals surface area (Å²) in [4.78, 5) is 11.9. The Balaban J connectivity index is 1.51. The maximum absolute atomic E-state index is 6.47. The van der Waals surface area contributed by atoms with Gasteiger partial charge in [-0.2, -0.15) is 0 Å². The molecule has 1 aliphatic heterocycles. The summed E-state index contributed by atoms with van der Waals surface area (Å²) in [6.45, 7) is 12.7. The van der Waals surface area contributed by atoms with E-state index in [4.69, 9.17) is 29.1 Å². The molecule has 6 heteroatoms. The van der Waals surface area contributed by atoms with Crippen LogP contribution in [0.3, 0.4) is 0 Å². The van der Waals surface area contributed by atoms with Crippen LogP contribution in [0.25, 0.3) is 28.0 Å². The van der Waals surface area contributed by atoms with Gasteiger partial charge in [0.25, 0.3) is 0 Å². The molecule has 1 aliphatic rings. The quantitative estimate of drug-likeness (QED) is 0.210. The lowest BCUT2D eigenvalue weighted by atomic mass is 9.86. The van der Waals surface area contributed by atoms with Crippen LogP contribution < -0.4 is 11.5 Å². The fraction of sp³-hybridized carbons (Fsp3) is 0.419. The van der Waals surface area contributed by atoms with E-state index in [0.29, 0.717) is 17.7 Å². The van der Waals surface area contributed by atoms with E-state index in [1.165, 1.54) is 22.3 Å². The van der Waals surface area contributed by atoms with Gasteiger partial charge in [-0.25, -0.2) is 4.98 Å². The molecule has 2 heterocycles. The van der Waals surface area contributed by atoms with Crippen LogP contribution in [0.5, 0.6) is 0 Å². The third kappa shape index (κ3) is 5.77. The molecule has 2 aromatic carbocycles. The molecule has 4 rings (SSSR count). The maximum Gasteiger partial charge on any atom is 0.137 e. The summed E-state index contributed by atoms with van der Waals surface area (Å²) >= 11 is 4.69. The first-order valence-corrected chi connectivity index (χ1v) is 13.6. The Hall–Kier alpha value is -2.67. The van der Waals surface area contributed by atoms with Gasteiger partial charge in [0.05, 0.1) is 11.9 Å². The first-order chi connectivity index (χ1) is 17.4. The Morgan fingerprint density at radius 1 is 0.946 bits per heavy atom. The van der Waals surface area contributed by atoms with E-state index in [2.05, 4.69) is 100 Å². The number of thiol groups is 1. The summed E-state index contributed by atoms with van der Waals surface area (Å²) in [6.07, 6.45) is 5.93. The molecule has 1 aromatic heterocycles. The Bertz CT molecular complexity index is 1270. The number of nitrogens with two attached hydrogens (primary N) is 2. The minimum absolute atomic E-state index is 0.0125. The third-order valence-corrected chi connectivity index (χ3v) is 8.53. The van der Waals surface area contributed by atoms with Crippen molar-refractivity contribution in [3.8, 4) is 22.4 Å². The highest BCUT2D eigenvalue weighted by Gasteiger charge is 2.39. The summed E-state index contributed by atoms with van der Waals surface area (Å²) < 4.78 is 0. The Morgan fingerprint density at radius 2 is 1.49 bits per heavy atom. The second-order valence-corrected chi connectivity index (χ2v) is 12.4. The summed E-state index contributed by atoms with van der Waals surface area (Å²) in [6, 6.07) is 17.3. The molecule has 5 nitrogen and oxygen atoms in total. The van der Waals surface area contributed by atoms with Gasteiger partial charge in [0, 0.05) is 18.0 Å². The Labute approximate surface area is 227 Å². The Morgan fingerprint density at radius 3 is 2.03 bits per heavy atom.